The average Bonchev–Trinajstić information content (AvgIpc) is 2.37. The van der Waals surface area contributed by atoms with Crippen molar-refractivity contribution in [3.05, 3.63) is 29.3 Å². The molecule has 1 aromatic carbocycles. The standard InChI is InChI=1S/C14H20ClNO2S/c1-10(17)8-9-16(3)14(18)11(2)19-13-7-5-4-6-12(13)15/h4-7,10-11,17H,8-9H2,1-3H3. The normalized spacial score (nSPS) is 13.9. The van der Waals surface area contributed by atoms with Gasteiger partial charge in [0, 0.05) is 18.5 Å². The van der Waals surface area contributed by atoms with Gasteiger partial charge < -0.3 is 10.0 Å². The second-order valence-electron chi connectivity index (χ2n) is 4.59. The minimum Gasteiger partial charge on any atom is -0.393 e. The number of aliphatic hydroxyl groups is 1. The lowest BCUT2D eigenvalue weighted by Gasteiger charge is -2.22. The molecule has 0 aliphatic heterocycles. The van der Waals surface area contributed by atoms with Gasteiger partial charge in [0.1, 0.15) is 0 Å². The summed E-state index contributed by atoms with van der Waals surface area (Å²) in [5.41, 5.74) is 0. The van der Waals surface area contributed by atoms with Crippen molar-refractivity contribution in [1.82, 2.24) is 4.90 Å². The second-order valence-corrected chi connectivity index (χ2v) is 6.38. The lowest BCUT2D eigenvalue weighted by Crippen LogP contribution is -2.35. The number of halogens is 1. The highest BCUT2D eigenvalue weighted by Gasteiger charge is 2.19. The van der Waals surface area contributed by atoms with Gasteiger partial charge in [0.25, 0.3) is 0 Å². The summed E-state index contributed by atoms with van der Waals surface area (Å²) < 4.78 is 0. The van der Waals surface area contributed by atoms with E-state index >= 15 is 0 Å². The molecular formula is C14H20ClNO2S. The van der Waals surface area contributed by atoms with Crippen LogP contribution in [0.25, 0.3) is 0 Å². The van der Waals surface area contributed by atoms with Crippen LogP contribution in [-0.2, 0) is 4.79 Å². The monoisotopic (exact) mass is 301 g/mol. The molecule has 106 valence electrons. The van der Waals surface area contributed by atoms with Crippen LogP contribution in [0.15, 0.2) is 29.2 Å². The van der Waals surface area contributed by atoms with Crippen LogP contribution in [0.1, 0.15) is 20.3 Å². The molecule has 0 saturated carbocycles. The number of carbonyl (C=O) groups excluding carboxylic acids is 1. The van der Waals surface area contributed by atoms with Crippen LogP contribution in [0.5, 0.6) is 0 Å². The topological polar surface area (TPSA) is 40.5 Å². The van der Waals surface area contributed by atoms with E-state index in [1.807, 2.05) is 31.2 Å². The highest BCUT2D eigenvalue weighted by Crippen LogP contribution is 2.30. The fourth-order valence-electron chi connectivity index (χ4n) is 1.58. The minimum absolute atomic E-state index is 0.0468. The van der Waals surface area contributed by atoms with E-state index in [1.54, 1.807) is 18.9 Å². The molecule has 0 aliphatic rings. The quantitative estimate of drug-likeness (QED) is 0.821. The Morgan fingerprint density at radius 1 is 1.42 bits per heavy atom. The van der Waals surface area contributed by atoms with Gasteiger partial charge in [0.15, 0.2) is 0 Å². The number of hydrogen-bond acceptors (Lipinski definition) is 3. The summed E-state index contributed by atoms with van der Waals surface area (Å²) in [6.07, 6.45) is 0.202. The van der Waals surface area contributed by atoms with Crippen molar-refractivity contribution in [2.45, 2.75) is 36.5 Å². The maximum atomic E-state index is 12.2. The van der Waals surface area contributed by atoms with E-state index < -0.39 is 0 Å². The number of benzene rings is 1. The van der Waals surface area contributed by atoms with Gasteiger partial charge in [-0.05, 0) is 32.4 Å². The van der Waals surface area contributed by atoms with Gasteiger partial charge in [-0.3, -0.25) is 4.79 Å². The number of aliphatic hydroxyl groups excluding tert-OH is 1. The zero-order valence-electron chi connectivity index (χ0n) is 11.5. The first-order valence-electron chi connectivity index (χ1n) is 6.26. The van der Waals surface area contributed by atoms with Crippen molar-refractivity contribution in [2.75, 3.05) is 13.6 Å². The number of carbonyl (C=O) groups is 1. The molecule has 1 aromatic rings. The van der Waals surface area contributed by atoms with Crippen LogP contribution in [0.2, 0.25) is 5.02 Å². The molecule has 1 N–H and O–H groups in total. The maximum absolute atomic E-state index is 12.2. The molecule has 2 unspecified atom stereocenters. The van der Waals surface area contributed by atoms with Crippen LogP contribution in [0.4, 0.5) is 0 Å². The van der Waals surface area contributed by atoms with Gasteiger partial charge in [-0.25, -0.2) is 0 Å². The first-order valence-corrected chi connectivity index (χ1v) is 7.51. The van der Waals surface area contributed by atoms with Crippen LogP contribution in [0, 0.1) is 0 Å². The zero-order valence-corrected chi connectivity index (χ0v) is 13.0. The molecule has 0 radical (unpaired) electrons. The first kappa shape index (κ1) is 16.3. The maximum Gasteiger partial charge on any atom is 0.235 e. The van der Waals surface area contributed by atoms with Gasteiger partial charge in [-0.15, -0.1) is 11.8 Å². The van der Waals surface area contributed by atoms with Crippen LogP contribution in [0.3, 0.4) is 0 Å². The van der Waals surface area contributed by atoms with Crippen molar-refractivity contribution in [1.29, 1.82) is 0 Å². The number of thioether (sulfide) groups is 1. The minimum atomic E-state index is -0.387. The molecule has 1 rings (SSSR count). The molecule has 1 amide bonds. The summed E-state index contributed by atoms with van der Waals surface area (Å²) in [4.78, 5) is 14.7. The van der Waals surface area contributed by atoms with Crippen molar-refractivity contribution in [2.24, 2.45) is 0 Å². The van der Waals surface area contributed by atoms with E-state index in [0.29, 0.717) is 18.0 Å². The van der Waals surface area contributed by atoms with E-state index in [2.05, 4.69) is 0 Å². The Balaban J connectivity index is 2.55. The fraction of sp³-hybridized carbons (Fsp3) is 0.500. The molecule has 19 heavy (non-hydrogen) atoms. The van der Waals surface area contributed by atoms with Crippen molar-refractivity contribution >= 4 is 29.3 Å². The summed E-state index contributed by atoms with van der Waals surface area (Å²) in [6.45, 7) is 4.15. The summed E-state index contributed by atoms with van der Waals surface area (Å²) in [6, 6.07) is 7.50. The van der Waals surface area contributed by atoms with Crippen LogP contribution in [-0.4, -0.2) is 40.9 Å². The van der Waals surface area contributed by atoms with E-state index in [-0.39, 0.29) is 17.3 Å². The predicted molar refractivity (Wildman–Crippen MR) is 80.7 cm³/mol. The van der Waals surface area contributed by atoms with Gasteiger partial charge in [0.2, 0.25) is 5.91 Å². The predicted octanol–water partition coefficient (Wildman–Crippen LogP) is 3.05. The van der Waals surface area contributed by atoms with Gasteiger partial charge in [-0.1, -0.05) is 23.7 Å². The Labute approximate surface area is 123 Å². The molecule has 0 aliphatic carbocycles. The summed E-state index contributed by atoms with van der Waals surface area (Å²) in [5.74, 6) is 0.0468. The molecular weight excluding hydrogens is 282 g/mol. The Morgan fingerprint density at radius 3 is 2.63 bits per heavy atom. The molecule has 0 spiro atoms. The lowest BCUT2D eigenvalue weighted by molar-refractivity contribution is -0.129. The Morgan fingerprint density at radius 2 is 2.05 bits per heavy atom. The number of rotatable bonds is 6. The SMILES string of the molecule is CC(O)CCN(C)C(=O)C(C)Sc1ccccc1Cl. The van der Waals surface area contributed by atoms with Crippen molar-refractivity contribution in [3.8, 4) is 0 Å². The number of amides is 1. The molecule has 0 fully saturated rings. The largest absolute Gasteiger partial charge is 0.393 e. The third kappa shape index (κ3) is 5.43. The van der Waals surface area contributed by atoms with Gasteiger partial charge >= 0.3 is 0 Å². The van der Waals surface area contributed by atoms with Crippen LogP contribution < -0.4 is 0 Å². The molecule has 2 atom stereocenters. The summed E-state index contributed by atoms with van der Waals surface area (Å²) in [5, 5.41) is 9.70. The number of nitrogens with zero attached hydrogens (tertiary/aromatic N) is 1. The molecule has 3 nitrogen and oxygen atoms in total. The highest BCUT2D eigenvalue weighted by atomic mass is 35.5. The van der Waals surface area contributed by atoms with E-state index in [9.17, 15) is 9.90 Å². The van der Waals surface area contributed by atoms with Crippen LogP contribution >= 0.6 is 23.4 Å². The van der Waals surface area contributed by atoms with Gasteiger partial charge in [0.05, 0.1) is 16.4 Å². The average molecular weight is 302 g/mol. The summed E-state index contributed by atoms with van der Waals surface area (Å²) in [7, 11) is 1.76. The van der Waals surface area contributed by atoms with Crippen molar-refractivity contribution < 1.29 is 9.90 Å². The van der Waals surface area contributed by atoms with E-state index in [0.717, 1.165) is 4.90 Å². The molecule has 0 saturated heterocycles. The van der Waals surface area contributed by atoms with E-state index in [1.165, 1.54) is 11.8 Å². The zero-order chi connectivity index (χ0) is 14.4. The Hall–Kier alpha value is -0.710. The first-order chi connectivity index (χ1) is 8.91. The lowest BCUT2D eigenvalue weighted by atomic mass is 10.2. The smallest absolute Gasteiger partial charge is 0.235 e. The second kappa shape index (κ2) is 7.78. The highest BCUT2D eigenvalue weighted by molar-refractivity contribution is 8.00. The summed E-state index contributed by atoms with van der Waals surface area (Å²) >= 11 is 7.53. The van der Waals surface area contributed by atoms with Gasteiger partial charge in [-0.2, -0.15) is 0 Å². The van der Waals surface area contributed by atoms with E-state index in [4.69, 9.17) is 11.6 Å². The molecule has 0 heterocycles. The third-order valence-electron chi connectivity index (χ3n) is 2.75. The Kier molecular flexibility index (Phi) is 6.69. The fourth-order valence-corrected chi connectivity index (χ4v) is 2.85. The molecule has 0 bridgehead atoms. The Bertz CT molecular complexity index is 426. The number of hydrogen-bond donors (Lipinski definition) is 1. The molecule has 5 heteroatoms. The van der Waals surface area contributed by atoms with Crippen molar-refractivity contribution in [3.63, 3.8) is 0 Å². The third-order valence-corrected chi connectivity index (χ3v) is 4.35. The molecule has 0 aromatic heterocycles.